The average molecular weight is 874 g/mol. The van der Waals surface area contributed by atoms with Crippen LogP contribution in [0.2, 0.25) is 0 Å². The molecule has 0 spiro atoms. The van der Waals surface area contributed by atoms with Gasteiger partial charge in [-0.3, -0.25) is 29.3 Å². The van der Waals surface area contributed by atoms with Crippen LogP contribution in [0.25, 0.3) is 22.3 Å². The van der Waals surface area contributed by atoms with Gasteiger partial charge in [0.05, 0.1) is 0 Å². The summed E-state index contributed by atoms with van der Waals surface area (Å²) >= 11 is 0. The van der Waals surface area contributed by atoms with E-state index in [2.05, 4.69) is 52.5 Å². The Labute approximate surface area is 374 Å². The minimum absolute atomic E-state index is 0.0321. The highest BCUT2D eigenvalue weighted by Gasteiger charge is 2.36. The van der Waals surface area contributed by atoms with Crippen LogP contribution in [-0.4, -0.2) is 92.5 Å². The zero-order valence-corrected chi connectivity index (χ0v) is 36.7. The van der Waals surface area contributed by atoms with Crippen molar-refractivity contribution in [3.8, 4) is 39.9 Å². The van der Waals surface area contributed by atoms with Crippen LogP contribution in [0.3, 0.4) is 0 Å². The van der Waals surface area contributed by atoms with E-state index in [0.29, 0.717) is 45.7 Å². The van der Waals surface area contributed by atoms with Gasteiger partial charge in [0.1, 0.15) is 48.9 Å². The maximum atomic E-state index is 14.7. The van der Waals surface area contributed by atoms with Gasteiger partial charge in [0.2, 0.25) is 17.7 Å². The first-order chi connectivity index (χ1) is 30.9. The van der Waals surface area contributed by atoms with Crippen LogP contribution in [0.4, 0.5) is 0 Å². The van der Waals surface area contributed by atoms with Crippen LogP contribution >= 0.6 is 0 Å². The first-order valence-electron chi connectivity index (χ1n) is 21.6. The molecule has 16 nitrogen and oxygen atoms in total. The van der Waals surface area contributed by atoms with Gasteiger partial charge in [-0.25, -0.2) is 0 Å². The van der Waals surface area contributed by atoms with Gasteiger partial charge in [0.25, 0.3) is 11.8 Å². The highest BCUT2D eigenvalue weighted by Crippen LogP contribution is 2.40. The van der Waals surface area contributed by atoms with Crippen molar-refractivity contribution in [1.29, 1.82) is 5.26 Å². The van der Waals surface area contributed by atoms with Crippen LogP contribution in [0.5, 0.6) is 11.5 Å². The van der Waals surface area contributed by atoms with E-state index in [0.717, 1.165) is 30.4 Å². The van der Waals surface area contributed by atoms with Crippen molar-refractivity contribution in [3.05, 3.63) is 107 Å². The van der Waals surface area contributed by atoms with Crippen molar-refractivity contribution in [2.45, 2.75) is 76.5 Å². The quantitative estimate of drug-likeness (QED) is 0.0564. The molecule has 4 aromatic rings. The molecule has 64 heavy (non-hydrogen) atoms. The van der Waals surface area contributed by atoms with E-state index in [1.807, 2.05) is 12.1 Å². The summed E-state index contributed by atoms with van der Waals surface area (Å²) in [6.45, 7) is 4.53. The molecule has 0 aromatic heterocycles. The average Bonchev–Trinajstić information content (AvgIpc) is 3.30. The fourth-order valence-electron chi connectivity index (χ4n) is 7.48. The van der Waals surface area contributed by atoms with Crippen LogP contribution < -0.4 is 47.9 Å². The number of ether oxygens (including phenoxy) is 2. The van der Waals surface area contributed by atoms with Crippen molar-refractivity contribution >= 4 is 29.5 Å². The number of carbonyl (C=O) groups excluding carboxylic acids is 5. The SMILES string of the molecule is CCCCc1ccc(-c2ccc(C(=O)N[C@@H](CCCN)C(=O)N(C)[C@@H]3C(=O)N[C@@H](C)C(=O)N[C@H](C(=O)NC#N)Cc4ccc(OCCN)c(c4)-c4cc3ccc4OCCN)cc2)cc1. The van der Waals surface area contributed by atoms with Crippen LogP contribution in [-0.2, 0) is 32.0 Å². The predicted octanol–water partition coefficient (Wildman–Crippen LogP) is 3.22. The lowest BCUT2D eigenvalue weighted by Gasteiger charge is -2.32. The number of hydrogen-bond donors (Lipinski definition) is 7. The van der Waals surface area contributed by atoms with Crippen molar-refractivity contribution in [3.63, 3.8) is 0 Å². The summed E-state index contributed by atoms with van der Waals surface area (Å²) in [4.78, 5) is 71.0. The molecule has 1 aliphatic rings. The number of likely N-dealkylation sites (N-methyl/N-ethyl adjacent to an activating group) is 1. The Morgan fingerprint density at radius 3 is 2.06 bits per heavy atom. The topological polar surface area (TPSA) is 257 Å². The van der Waals surface area contributed by atoms with Gasteiger partial charge >= 0.3 is 0 Å². The van der Waals surface area contributed by atoms with E-state index < -0.39 is 53.7 Å². The molecule has 4 aromatic carbocycles. The number of amides is 5. The second-order valence-corrected chi connectivity index (χ2v) is 15.6. The zero-order chi connectivity index (χ0) is 46.2. The van der Waals surface area contributed by atoms with E-state index in [1.54, 1.807) is 54.7 Å². The number of benzene rings is 4. The van der Waals surface area contributed by atoms with E-state index >= 15 is 0 Å². The molecule has 5 amide bonds. The highest BCUT2D eigenvalue weighted by atomic mass is 16.5. The monoisotopic (exact) mass is 873 g/mol. The van der Waals surface area contributed by atoms with E-state index in [9.17, 15) is 29.2 Å². The summed E-state index contributed by atoms with van der Waals surface area (Å²) in [6.07, 6.45) is 5.38. The summed E-state index contributed by atoms with van der Waals surface area (Å²) in [5.74, 6) is -2.52. The van der Waals surface area contributed by atoms with Crippen LogP contribution in [0.1, 0.15) is 72.6 Å². The molecule has 0 saturated carbocycles. The van der Waals surface area contributed by atoms with E-state index in [-0.39, 0.29) is 45.7 Å². The third kappa shape index (κ3) is 12.4. The smallest absolute Gasteiger partial charge is 0.255 e. The lowest BCUT2D eigenvalue weighted by Crippen LogP contribution is -2.55. The Morgan fingerprint density at radius 2 is 1.45 bits per heavy atom. The molecule has 0 saturated heterocycles. The molecule has 0 aliphatic carbocycles. The number of hydrogen-bond acceptors (Lipinski definition) is 11. The normalized spacial score (nSPS) is 16.5. The van der Waals surface area contributed by atoms with Crippen molar-refractivity contribution in [1.82, 2.24) is 26.2 Å². The summed E-state index contributed by atoms with van der Waals surface area (Å²) in [5.41, 5.74) is 23.0. The third-order valence-electron chi connectivity index (χ3n) is 10.9. The van der Waals surface area contributed by atoms with Gasteiger partial charge < -0.3 is 47.5 Å². The van der Waals surface area contributed by atoms with Crippen LogP contribution in [0.15, 0.2) is 84.9 Å². The number of aryl methyl sites for hydroxylation is 1. The van der Waals surface area contributed by atoms with Gasteiger partial charge in [-0.1, -0.05) is 61.9 Å². The molecule has 338 valence electrons. The summed E-state index contributed by atoms with van der Waals surface area (Å²) < 4.78 is 12.2. The molecular formula is C48H59N9O7. The minimum Gasteiger partial charge on any atom is -0.492 e. The number of unbranched alkanes of at least 4 members (excludes halogenated alkanes) is 1. The lowest BCUT2D eigenvalue weighted by atomic mass is 9.93. The van der Waals surface area contributed by atoms with Crippen molar-refractivity contribution in [2.24, 2.45) is 17.2 Å². The third-order valence-corrected chi connectivity index (χ3v) is 10.9. The molecule has 16 heteroatoms. The second-order valence-electron chi connectivity index (χ2n) is 15.6. The number of nitriles is 1. The first-order valence-corrected chi connectivity index (χ1v) is 21.6. The Balaban J connectivity index is 1.54. The molecule has 0 unspecified atom stereocenters. The number of fused-ring (bicyclic) bond motifs is 5. The molecular weight excluding hydrogens is 815 g/mol. The first kappa shape index (κ1) is 48.2. The Bertz CT molecular complexity index is 2300. The number of nitrogens with two attached hydrogens (primary N) is 3. The Hall–Kier alpha value is -6.80. The van der Waals surface area contributed by atoms with Gasteiger partial charge in [-0.2, -0.15) is 5.26 Å². The largest absolute Gasteiger partial charge is 0.492 e. The van der Waals surface area contributed by atoms with Gasteiger partial charge in [-0.15, -0.1) is 0 Å². The van der Waals surface area contributed by atoms with Gasteiger partial charge in [0, 0.05) is 43.2 Å². The highest BCUT2D eigenvalue weighted by molar-refractivity contribution is 5.99. The van der Waals surface area contributed by atoms with Crippen molar-refractivity contribution < 1.29 is 33.4 Å². The standard InChI is InChI=1S/C48H59N9O7/c1-4-5-7-31-9-12-33(13-10-31)34-14-16-35(17-15-34)45(59)55-39(8-6-21-49)48(62)57(3)43-36-18-20-42(64-25-23-51)38(28-36)37-26-32(11-19-41(37)63-24-22-50)27-40(46(60)53-29-52)56-44(58)30(2)54-47(43)61/h9-20,26,28,30,39-40,43H,4-8,21-25,27,49-51H2,1-3H3,(H,53,60)(H,54,61)(H,55,59)(H,56,58)/t30-,39-,40-,43-/m0/s1. The summed E-state index contributed by atoms with van der Waals surface area (Å²) in [6, 6.07) is 20.7. The number of rotatable bonds is 18. The molecule has 10 N–H and O–H groups in total. The zero-order valence-electron chi connectivity index (χ0n) is 36.7. The second kappa shape index (κ2) is 23.6. The van der Waals surface area contributed by atoms with E-state index in [4.69, 9.17) is 26.7 Å². The number of nitrogens with zero attached hydrogens (tertiary/aromatic N) is 2. The number of carbonyl (C=O) groups is 5. The molecule has 1 aliphatic heterocycles. The fourth-order valence-corrected chi connectivity index (χ4v) is 7.48. The van der Waals surface area contributed by atoms with E-state index in [1.165, 1.54) is 24.4 Å². The lowest BCUT2D eigenvalue weighted by molar-refractivity contribution is -0.141. The Morgan fingerprint density at radius 1 is 0.828 bits per heavy atom. The Kier molecular flexibility index (Phi) is 17.8. The van der Waals surface area contributed by atoms with Crippen LogP contribution in [0, 0.1) is 11.5 Å². The number of nitrogens with one attached hydrogen (secondary N) is 4. The summed E-state index contributed by atoms with van der Waals surface area (Å²) in [7, 11) is 1.45. The minimum atomic E-state index is -1.37. The molecule has 5 rings (SSSR count). The molecule has 0 radical (unpaired) electrons. The maximum absolute atomic E-state index is 14.7. The molecule has 4 atom stereocenters. The van der Waals surface area contributed by atoms with Crippen molar-refractivity contribution in [2.75, 3.05) is 39.9 Å². The molecule has 1 heterocycles. The predicted molar refractivity (Wildman–Crippen MR) is 244 cm³/mol. The van der Waals surface area contributed by atoms with Gasteiger partial charge in [0.15, 0.2) is 6.19 Å². The van der Waals surface area contributed by atoms with Gasteiger partial charge in [-0.05, 0) is 103 Å². The molecule has 0 fully saturated rings. The maximum Gasteiger partial charge on any atom is 0.255 e. The molecule has 4 bridgehead atoms. The summed E-state index contributed by atoms with van der Waals surface area (Å²) in [5, 5.41) is 19.6. The fraction of sp³-hybridized carbons (Fsp3) is 0.375.